The van der Waals surface area contributed by atoms with Crippen LogP contribution in [0.3, 0.4) is 0 Å². The molecule has 0 aliphatic carbocycles. The van der Waals surface area contributed by atoms with Crippen LogP contribution >= 0.6 is 0 Å². The van der Waals surface area contributed by atoms with Crippen LogP contribution in [0.2, 0.25) is 0 Å². The molecule has 1 unspecified atom stereocenters. The van der Waals surface area contributed by atoms with E-state index in [9.17, 15) is 4.79 Å². The maximum Gasteiger partial charge on any atom is 0.261 e. The van der Waals surface area contributed by atoms with Crippen molar-refractivity contribution in [1.29, 1.82) is 0 Å². The lowest BCUT2D eigenvalue weighted by Crippen LogP contribution is -2.43. The van der Waals surface area contributed by atoms with E-state index < -0.39 is 6.10 Å². The first-order valence-electron chi connectivity index (χ1n) is 10.9. The summed E-state index contributed by atoms with van der Waals surface area (Å²) in [7, 11) is 2.17. The second kappa shape index (κ2) is 10.6. The van der Waals surface area contributed by atoms with Gasteiger partial charge in [-0.3, -0.25) is 9.69 Å². The summed E-state index contributed by atoms with van der Waals surface area (Å²) >= 11 is 0. The van der Waals surface area contributed by atoms with Crippen molar-refractivity contribution in [2.45, 2.75) is 45.9 Å². The third-order valence-corrected chi connectivity index (χ3v) is 5.67. The van der Waals surface area contributed by atoms with Gasteiger partial charge in [0.1, 0.15) is 5.75 Å². The average Bonchev–Trinajstić information content (AvgIpc) is 2.74. The van der Waals surface area contributed by atoms with Crippen LogP contribution in [0.5, 0.6) is 5.75 Å². The Morgan fingerprint density at radius 1 is 1.00 bits per heavy atom. The van der Waals surface area contributed by atoms with Crippen LogP contribution in [0.25, 0.3) is 0 Å². The predicted octanol–water partition coefficient (Wildman–Crippen LogP) is 3.64. The Morgan fingerprint density at radius 3 is 2.43 bits per heavy atom. The summed E-state index contributed by atoms with van der Waals surface area (Å²) in [6.45, 7) is 12.0. The van der Waals surface area contributed by atoms with Gasteiger partial charge in [0.05, 0.1) is 0 Å². The highest BCUT2D eigenvalue weighted by Gasteiger charge is 2.16. The number of carbonyl (C=O) groups is 1. The van der Waals surface area contributed by atoms with Gasteiger partial charge in [0.2, 0.25) is 0 Å². The summed E-state index contributed by atoms with van der Waals surface area (Å²) in [6.07, 6.45) is -0.541. The van der Waals surface area contributed by atoms with Crippen molar-refractivity contribution >= 4 is 5.91 Å². The lowest BCUT2D eigenvalue weighted by atomic mass is 10.0. The highest BCUT2D eigenvalue weighted by atomic mass is 16.5. The van der Waals surface area contributed by atoms with Gasteiger partial charge in [0.25, 0.3) is 5.91 Å². The van der Waals surface area contributed by atoms with Crippen molar-refractivity contribution in [2.24, 2.45) is 0 Å². The molecule has 2 aromatic rings. The largest absolute Gasteiger partial charge is 0.481 e. The summed E-state index contributed by atoms with van der Waals surface area (Å²) in [5.41, 5.74) is 3.61. The molecule has 0 radical (unpaired) electrons. The van der Waals surface area contributed by atoms with Crippen molar-refractivity contribution in [3.8, 4) is 5.75 Å². The van der Waals surface area contributed by atoms with Crippen molar-refractivity contribution in [2.75, 3.05) is 33.2 Å². The van der Waals surface area contributed by atoms with E-state index in [1.54, 1.807) is 6.92 Å². The minimum atomic E-state index is -0.541. The van der Waals surface area contributed by atoms with Crippen LogP contribution in [0.4, 0.5) is 0 Å². The van der Waals surface area contributed by atoms with Gasteiger partial charge in [0.15, 0.2) is 6.10 Å². The molecule has 1 amide bonds. The number of nitrogens with one attached hydrogen (secondary N) is 1. The zero-order valence-electron chi connectivity index (χ0n) is 18.7. The first-order chi connectivity index (χ1) is 14.4. The summed E-state index contributed by atoms with van der Waals surface area (Å²) < 4.78 is 5.87. The molecular weight excluding hydrogens is 374 g/mol. The molecule has 3 rings (SSSR count). The van der Waals surface area contributed by atoms with Gasteiger partial charge < -0.3 is 15.0 Å². The Hall–Kier alpha value is -2.37. The number of amides is 1. The van der Waals surface area contributed by atoms with Crippen molar-refractivity contribution in [1.82, 2.24) is 15.1 Å². The Kier molecular flexibility index (Phi) is 7.88. The number of hydrogen-bond donors (Lipinski definition) is 1. The van der Waals surface area contributed by atoms with Crippen LogP contribution in [-0.2, 0) is 17.9 Å². The van der Waals surface area contributed by atoms with Gasteiger partial charge in [-0.1, -0.05) is 50.2 Å². The van der Waals surface area contributed by atoms with Crippen LogP contribution in [0.1, 0.15) is 43.4 Å². The fourth-order valence-corrected chi connectivity index (χ4v) is 3.64. The third-order valence-electron chi connectivity index (χ3n) is 5.67. The molecule has 1 fully saturated rings. The van der Waals surface area contributed by atoms with Gasteiger partial charge in [-0.2, -0.15) is 0 Å². The molecule has 1 N–H and O–H groups in total. The molecular formula is C25H35N3O2. The highest BCUT2D eigenvalue weighted by Crippen LogP contribution is 2.21. The summed E-state index contributed by atoms with van der Waals surface area (Å²) in [6, 6.07) is 16.5. The van der Waals surface area contributed by atoms with E-state index in [0.29, 0.717) is 12.5 Å². The second-order valence-electron chi connectivity index (χ2n) is 8.60. The van der Waals surface area contributed by atoms with Gasteiger partial charge >= 0.3 is 0 Å². The molecule has 5 nitrogen and oxygen atoms in total. The van der Waals surface area contributed by atoms with Crippen molar-refractivity contribution in [3.63, 3.8) is 0 Å². The van der Waals surface area contributed by atoms with Gasteiger partial charge in [-0.05, 0) is 48.7 Å². The molecule has 1 saturated heterocycles. The number of ether oxygens (including phenoxy) is 1. The SMILES string of the molecule is CC(Oc1cccc(C(C)C)c1)C(=O)NCc1cccc(CN2CCN(C)CC2)c1. The second-order valence-corrected chi connectivity index (χ2v) is 8.60. The number of rotatable bonds is 8. The van der Waals surface area contributed by atoms with Gasteiger partial charge in [-0.15, -0.1) is 0 Å². The quantitative estimate of drug-likeness (QED) is 0.723. The smallest absolute Gasteiger partial charge is 0.261 e. The van der Waals surface area contributed by atoms with E-state index in [1.807, 2.05) is 18.2 Å². The minimum absolute atomic E-state index is 0.102. The predicted molar refractivity (Wildman–Crippen MR) is 122 cm³/mol. The van der Waals surface area contributed by atoms with E-state index in [2.05, 4.69) is 66.3 Å². The van der Waals surface area contributed by atoms with E-state index in [-0.39, 0.29) is 5.91 Å². The maximum atomic E-state index is 12.5. The summed E-state index contributed by atoms with van der Waals surface area (Å²) in [5.74, 6) is 1.06. The Balaban J connectivity index is 1.49. The van der Waals surface area contributed by atoms with Crippen LogP contribution in [0, 0.1) is 0 Å². The molecule has 1 heterocycles. The Morgan fingerprint density at radius 2 is 1.70 bits per heavy atom. The Bertz CT molecular complexity index is 829. The van der Waals surface area contributed by atoms with E-state index >= 15 is 0 Å². The minimum Gasteiger partial charge on any atom is -0.481 e. The number of carbonyl (C=O) groups excluding carboxylic acids is 1. The van der Waals surface area contributed by atoms with E-state index in [1.165, 1.54) is 11.1 Å². The molecule has 0 saturated carbocycles. The number of hydrogen-bond acceptors (Lipinski definition) is 4. The van der Waals surface area contributed by atoms with Crippen molar-refractivity contribution in [3.05, 3.63) is 65.2 Å². The highest BCUT2D eigenvalue weighted by molar-refractivity contribution is 5.80. The van der Waals surface area contributed by atoms with E-state index in [4.69, 9.17) is 4.74 Å². The molecule has 1 atom stereocenters. The molecule has 0 aromatic heterocycles. The molecule has 0 bridgehead atoms. The first kappa shape index (κ1) is 22.3. The molecule has 2 aromatic carbocycles. The number of piperazine rings is 1. The van der Waals surface area contributed by atoms with Gasteiger partial charge in [0, 0.05) is 39.3 Å². The Labute approximate surface area is 181 Å². The number of benzene rings is 2. The monoisotopic (exact) mass is 409 g/mol. The van der Waals surface area contributed by atoms with Crippen molar-refractivity contribution < 1.29 is 9.53 Å². The standard InChI is InChI=1S/C25H35N3O2/c1-19(2)23-9-6-10-24(16-23)30-20(3)25(29)26-17-21-7-5-8-22(15-21)18-28-13-11-27(4)12-14-28/h5-10,15-16,19-20H,11-14,17-18H2,1-4H3,(H,26,29). The lowest BCUT2D eigenvalue weighted by Gasteiger charge is -2.32. The zero-order valence-corrected chi connectivity index (χ0v) is 18.7. The number of nitrogens with zero attached hydrogens (tertiary/aromatic N) is 2. The fraction of sp³-hybridized carbons (Fsp3) is 0.480. The topological polar surface area (TPSA) is 44.8 Å². The van der Waals surface area contributed by atoms with Crippen LogP contribution in [-0.4, -0.2) is 55.0 Å². The molecule has 0 spiro atoms. The molecule has 1 aliphatic heterocycles. The van der Waals surface area contributed by atoms with Gasteiger partial charge in [-0.25, -0.2) is 0 Å². The first-order valence-corrected chi connectivity index (χ1v) is 10.9. The molecule has 162 valence electrons. The summed E-state index contributed by atoms with van der Waals surface area (Å²) in [5, 5.41) is 3.01. The zero-order chi connectivity index (χ0) is 21.5. The normalized spacial score (nSPS) is 16.4. The molecule has 5 heteroatoms. The maximum absolute atomic E-state index is 12.5. The lowest BCUT2D eigenvalue weighted by molar-refractivity contribution is -0.127. The van der Waals surface area contributed by atoms with Crippen LogP contribution < -0.4 is 10.1 Å². The molecule has 30 heavy (non-hydrogen) atoms. The average molecular weight is 410 g/mol. The summed E-state index contributed by atoms with van der Waals surface area (Å²) in [4.78, 5) is 17.4. The fourth-order valence-electron chi connectivity index (χ4n) is 3.64. The number of likely N-dealkylation sites (N-methyl/N-ethyl adjacent to an activating group) is 1. The third kappa shape index (κ3) is 6.57. The van der Waals surface area contributed by atoms with E-state index in [0.717, 1.165) is 44.0 Å². The van der Waals surface area contributed by atoms with Crippen LogP contribution in [0.15, 0.2) is 48.5 Å². The molecule has 1 aliphatic rings.